The van der Waals surface area contributed by atoms with Crippen LogP contribution in [-0.4, -0.2) is 58.5 Å². The van der Waals surface area contributed by atoms with Gasteiger partial charge in [0, 0.05) is 0 Å². The largest absolute Gasteiger partial charge is 1.00 e. The van der Waals surface area contributed by atoms with Gasteiger partial charge in [0.2, 0.25) is 11.6 Å². The van der Waals surface area contributed by atoms with E-state index in [9.17, 15) is 0 Å². The average molecular weight is 278 g/mol. The molecule has 0 amide bonds. The van der Waals surface area contributed by atoms with Crippen molar-refractivity contribution in [2.75, 3.05) is 48.5 Å². The first kappa shape index (κ1) is 16.6. The van der Waals surface area contributed by atoms with Gasteiger partial charge in [-0.15, -0.1) is 0 Å². The van der Waals surface area contributed by atoms with E-state index in [4.69, 9.17) is 0 Å². The molecular formula is C11H22ClN4S+. The molecule has 4 nitrogen and oxygen atoms in total. The van der Waals surface area contributed by atoms with Crippen LogP contribution < -0.4 is 21.4 Å². The van der Waals surface area contributed by atoms with E-state index in [1.54, 1.807) is 11.8 Å². The van der Waals surface area contributed by atoms with Crippen LogP contribution in [0.25, 0.3) is 0 Å². The summed E-state index contributed by atoms with van der Waals surface area (Å²) in [7, 11) is 12.7. The van der Waals surface area contributed by atoms with Crippen LogP contribution in [0.2, 0.25) is 0 Å². The van der Waals surface area contributed by atoms with Crippen LogP contribution in [0, 0.1) is 0 Å². The lowest BCUT2D eigenvalue weighted by Crippen LogP contribution is -3.00. The first-order chi connectivity index (χ1) is 7.14. The number of quaternary nitrogens is 2. The summed E-state index contributed by atoms with van der Waals surface area (Å²) in [5, 5.41) is 0.841. The van der Waals surface area contributed by atoms with Crippen LogP contribution >= 0.6 is 11.8 Å². The minimum Gasteiger partial charge on any atom is -1.00 e. The minimum absolute atomic E-state index is 0. The molecule has 0 N–H and O–H groups in total. The second kappa shape index (κ2) is 5.52. The molecule has 0 radical (unpaired) electrons. The lowest BCUT2D eigenvalue weighted by atomic mass is 10.4. The fraction of sp³-hybridized carbons (Fsp3) is 0.636. The summed E-state index contributed by atoms with van der Waals surface area (Å²) in [6, 6.07) is 2.08. The van der Waals surface area contributed by atoms with Crippen molar-refractivity contribution in [2.45, 2.75) is 5.16 Å². The van der Waals surface area contributed by atoms with Gasteiger partial charge in [-0.05, 0) is 6.26 Å². The quantitative estimate of drug-likeness (QED) is 0.386. The highest BCUT2D eigenvalue weighted by atomic mass is 35.5. The monoisotopic (exact) mass is 277 g/mol. The lowest BCUT2D eigenvalue weighted by Gasteiger charge is -2.26. The van der Waals surface area contributed by atoms with Crippen molar-refractivity contribution < 1.29 is 12.4 Å². The first-order valence-electron chi connectivity index (χ1n) is 5.21. The highest BCUT2D eigenvalue weighted by Gasteiger charge is 2.23. The molecule has 0 aromatic carbocycles. The summed E-state index contributed by atoms with van der Waals surface area (Å²) in [4.78, 5) is 9.10. The second-order valence-electron chi connectivity index (χ2n) is 5.60. The SMILES string of the molecule is CSc1nc([N+](C)(C)C)cc([N+](C)(C)C)n1.[Cl-]. The molecule has 6 heteroatoms. The number of nitrogens with zero attached hydrogens (tertiary/aromatic N) is 4. The van der Waals surface area contributed by atoms with Gasteiger partial charge >= 0.3 is 0 Å². The van der Waals surface area contributed by atoms with Gasteiger partial charge < -0.3 is 12.4 Å². The molecular weight excluding hydrogens is 256 g/mol. The van der Waals surface area contributed by atoms with Gasteiger partial charge in [-0.2, -0.15) is 9.97 Å². The Balaban J connectivity index is 0.00000256. The number of halogens is 1. The molecule has 0 saturated heterocycles. The predicted octanol–water partition coefficient (Wildman–Crippen LogP) is -1.40. The van der Waals surface area contributed by atoms with Crippen molar-refractivity contribution in [1.82, 2.24) is 18.9 Å². The van der Waals surface area contributed by atoms with E-state index in [1.807, 2.05) is 6.26 Å². The molecule has 1 aromatic heterocycles. The van der Waals surface area contributed by atoms with Crippen LogP contribution in [0.3, 0.4) is 0 Å². The van der Waals surface area contributed by atoms with E-state index >= 15 is 0 Å². The van der Waals surface area contributed by atoms with Gasteiger partial charge in [0.25, 0.3) is 0 Å². The summed E-state index contributed by atoms with van der Waals surface area (Å²) in [5.41, 5.74) is 0. The topological polar surface area (TPSA) is 25.8 Å². The fourth-order valence-electron chi connectivity index (χ4n) is 1.18. The molecule has 0 aliphatic rings. The third-order valence-electron chi connectivity index (χ3n) is 2.24. The predicted molar refractivity (Wildman–Crippen MR) is 72.9 cm³/mol. The van der Waals surface area contributed by atoms with Crippen molar-refractivity contribution >= 4 is 23.4 Å². The summed E-state index contributed by atoms with van der Waals surface area (Å²) < 4.78 is 1.42. The number of hydrogen-bond acceptors (Lipinski definition) is 3. The molecule has 0 aliphatic carbocycles. The van der Waals surface area contributed by atoms with Crippen molar-refractivity contribution in [2.24, 2.45) is 0 Å². The Kier molecular flexibility index (Phi) is 5.40. The number of aromatic nitrogens is 2. The highest BCUT2D eigenvalue weighted by molar-refractivity contribution is 7.98. The Morgan fingerprint density at radius 1 is 0.882 bits per heavy atom. The molecule has 1 aromatic rings. The Labute approximate surface area is 115 Å². The van der Waals surface area contributed by atoms with Gasteiger partial charge in [0.05, 0.1) is 42.3 Å². The Morgan fingerprint density at radius 3 is 1.47 bits per heavy atom. The summed E-state index contributed by atoms with van der Waals surface area (Å²) >= 11 is 1.59. The normalized spacial score (nSPS) is 12.2. The molecule has 1 rings (SSSR count). The van der Waals surface area contributed by atoms with Gasteiger partial charge in [0.15, 0.2) is 5.16 Å². The number of hydrogen-bond donors (Lipinski definition) is 0. The molecule has 0 bridgehead atoms. The van der Waals surface area contributed by atoms with E-state index in [-0.39, 0.29) is 12.4 Å². The van der Waals surface area contributed by atoms with Crippen LogP contribution in [0.4, 0.5) is 11.6 Å². The number of thioether (sulfide) groups is 1. The molecule has 0 saturated carbocycles. The van der Waals surface area contributed by atoms with Crippen LogP contribution in [0.5, 0.6) is 0 Å². The summed E-state index contributed by atoms with van der Waals surface area (Å²) in [6.45, 7) is 0. The van der Waals surface area contributed by atoms with Crippen molar-refractivity contribution in [3.63, 3.8) is 0 Å². The molecule has 0 aliphatic heterocycles. The zero-order valence-corrected chi connectivity index (χ0v) is 13.2. The van der Waals surface area contributed by atoms with E-state index in [1.165, 1.54) is 0 Å². The minimum atomic E-state index is 0. The third kappa shape index (κ3) is 4.43. The zero-order chi connectivity index (χ0) is 12.6. The van der Waals surface area contributed by atoms with E-state index in [2.05, 4.69) is 58.3 Å². The lowest BCUT2D eigenvalue weighted by molar-refractivity contribution is -0.00000403. The third-order valence-corrected chi connectivity index (χ3v) is 2.78. The van der Waals surface area contributed by atoms with Gasteiger partial charge in [-0.3, -0.25) is 8.97 Å². The van der Waals surface area contributed by atoms with Crippen molar-refractivity contribution in [1.29, 1.82) is 0 Å². The van der Waals surface area contributed by atoms with Gasteiger partial charge in [0.1, 0.15) is 6.07 Å². The van der Waals surface area contributed by atoms with E-state index in [0.29, 0.717) is 8.97 Å². The maximum absolute atomic E-state index is 4.55. The van der Waals surface area contributed by atoms with Crippen LogP contribution in [0.15, 0.2) is 11.2 Å². The maximum Gasteiger partial charge on any atom is 0.237 e. The molecule has 98 valence electrons. The van der Waals surface area contributed by atoms with Crippen molar-refractivity contribution in [3.8, 4) is 0 Å². The standard InChI is InChI=1S/C11H22N4S.ClH/c1-14(2,3)9-8-10(15(4,5)6)13-11(12-9)16-7;/h8H,1-7H3;1H/q+2;/p-1. The highest BCUT2D eigenvalue weighted by Crippen LogP contribution is 2.25. The molecule has 0 atom stereocenters. The molecule has 1 heterocycles. The van der Waals surface area contributed by atoms with Crippen LogP contribution in [0.1, 0.15) is 0 Å². The Morgan fingerprint density at radius 2 is 1.24 bits per heavy atom. The Bertz CT molecular complexity index is 350. The molecule has 0 spiro atoms. The summed E-state index contributed by atoms with van der Waals surface area (Å²) in [6.07, 6.45) is 2.01. The molecule has 17 heavy (non-hydrogen) atoms. The average Bonchev–Trinajstić information content (AvgIpc) is 2.14. The Hall–Kier alpha value is -0.360. The van der Waals surface area contributed by atoms with Crippen molar-refractivity contribution in [3.05, 3.63) is 6.07 Å². The maximum atomic E-state index is 4.55. The van der Waals surface area contributed by atoms with Gasteiger partial charge in [-0.25, -0.2) is 0 Å². The van der Waals surface area contributed by atoms with E-state index < -0.39 is 0 Å². The fourth-order valence-corrected chi connectivity index (χ4v) is 1.55. The molecule has 0 unspecified atom stereocenters. The second-order valence-corrected chi connectivity index (χ2v) is 6.37. The van der Waals surface area contributed by atoms with E-state index in [0.717, 1.165) is 16.8 Å². The van der Waals surface area contributed by atoms with Crippen LogP contribution in [-0.2, 0) is 0 Å². The molecule has 0 fully saturated rings. The zero-order valence-electron chi connectivity index (χ0n) is 11.7. The first-order valence-corrected chi connectivity index (χ1v) is 6.44. The number of rotatable bonds is 3. The smallest absolute Gasteiger partial charge is 0.237 e. The van der Waals surface area contributed by atoms with Gasteiger partial charge in [-0.1, -0.05) is 11.8 Å². The summed E-state index contributed by atoms with van der Waals surface area (Å²) in [5.74, 6) is 2.09.